The van der Waals surface area contributed by atoms with Crippen LogP contribution in [0.2, 0.25) is 0 Å². The van der Waals surface area contributed by atoms with Gasteiger partial charge < -0.3 is 15.4 Å². The Hall–Kier alpha value is -2.74. The lowest BCUT2D eigenvalue weighted by Gasteiger charge is -2.12. The van der Waals surface area contributed by atoms with Crippen LogP contribution in [0.1, 0.15) is 38.2 Å². The van der Waals surface area contributed by atoms with Crippen molar-refractivity contribution in [2.75, 3.05) is 0 Å². The zero-order valence-corrected chi connectivity index (χ0v) is 13.8. The van der Waals surface area contributed by atoms with Crippen molar-refractivity contribution in [3.8, 4) is 11.8 Å². The lowest BCUT2D eigenvalue weighted by Crippen LogP contribution is -2.41. The average molecular weight is 326 g/mol. The van der Waals surface area contributed by atoms with Crippen LogP contribution in [0.4, 0.5) is 0 Å². The Morgan fingerprint density at radius 1 is 1.29 bits per heavy atom. The normalized spacial score (nSPS) is 11.5. The number of hydrogen-bond donors (Lipinski definition) is 3. The summed E-state index contributed by atoms with van der Waals surface area (Å²) >= 11 is 0. The van der Waals surface area contributed by atoms with Crippen LogP contribution in [0.3, 0.4) is 0 Å². The van der Waals surface area contributed by atoms with Crippen molar-refractivity contribution in [1.29, 1.82) is 0 Å². The molecule has 5 nitrogen and oxygen atoms in total. The molecular weight excluding hydrogens is 304 g/mol. The average Bonchev–Trinajstić information content (AvgIpc) is 2.97. The molecule has 0 spiro atoms. The number of aromatic nitrogens is 1. The van der Waals surface area contributed by atoms with E-state index < -0.39 is 17.9 Å². The molecule has 3 N–H and O–H groups in total. The first-order valence-corrected chi connectivity index (χ1v) is 8.19. The SMILES string of the molecule is CCCCCC#CC(=O)N[C@@H](Cc1c[nH]c2ccccc12)C(=O)O. The lowest BCUT2D eigenvalue weighted by molar-refractivity contribution is -0.141. The Morgan fingerprint density at radius 3 is 2.83 bits per heavy atom. The zero-order valence-electron chi connectivity index (χ0n) is 13.8. The van der Waals surface area contributed by atoms with E-state index in [1.165, 1.54) is 0 Å². The summed E-state index contributed by atoms with van der Waals surface area (Å²) < 4.78 is 0. The maximum atomic E-state index is 11.8. The maximum Gasteiger partial charge on any atom is 0.326 e. The van der Waals surface area contributed by atoms with Gasteiger partial charge >= 0.3 is 5.97 Å². The second-order valence-corrected chi connectivity index (χ2v) is 5.69. The number of fused-ring (bicyclic) bond motifs is 1. The van der Waals surface area contributed by atoms with Gasteiger partial charge in [-0.15, -0.1) is 0 Å². The van der Waals surface area contributed by atoms with E-state index >= 15 is 0 Å². The van der Waals surface area contributed by atoms with E-state index in [-0.39, 0.29) is 6.42 Å². The summed E-state index contributed by atoms with van der Waals surface area (Å²) in [6.07, 6.45) is 5.77. The quantitative estimate of drug-likeness (QED) is 0.540. The highest BCUT2D eigenvalue weighted by molar-refractivity contribution is 5.96. The number of H-pyrrole nitrogens is 1. The molecule has 0 bridgehead atoms. The minimum atomic E-state index is -1.07. The number of unbranched alkanes of at least 4 members (excludes halogenated alkanes) is 3. The maximum absolute atomic E-state index is 11.8. The Balaban J connectivity index is 1.99. The minimum Gasteiger partial charge on any atom is -0.480 e. The number of para-hydroxylation sites is 1. The van der Waals surface area contributed by atoms with Crippen molar-refractivity contribution in [3.63, 3.8) is 0 Å². The molecular formula is C19H22N2O3. The van der Waals surface area contributed by atoms with Crippen molar-refractivity contribution in [3.05, 3.63) is 36.0 Å². The van der Waals surface area contributed by atoms with E-state index in [1.54, 1.807) is 6.20 Å². The van der Waals surface area contributed by atoms with Crippen LogP contribution in [-0.4, -0.2) is 28.0 Å². The highest BCUT2D eigenvalue weighted by Crippen LogP contribution is 2.19. The number of aromatic amines is 1. The largest absolute Gasteiger partial charge is 0.480 e. The van der Waals surface area contributed by atoms with Gasteiger partial charge in [-0.25, -0.2) is 4.79 Å². The standard InChI is InChI=1S/C19H22N2O3/c1-2-3-4-5-6-11-18(22)21-17(19(23)24)12-14-13-20-16-10-8-7-9-15(14)16/h7-10,13,17,20H,2-5,12H2,1H3,(H,21,22)(H,23,24)/t17-/m0/s1. The second-order valence-electron chi connectivity index (χ2n) is 5.69. The minimum absolute atomic E-state index is 0.211. The number of carbonyl (C=O) groups is 2. The molecule has 0 saturated heterocycles. The van der Waals surface area contributed by atoms with Crippen molar-refractivity contribution in [1.82, 2.24) is 10.3 Å². The Kier molecular flexibility index (Phi) is 6.44. The first-order valence-electron chi connectivity index (χ1n) is 8.19. The van der Waals surface area contributed by atoms with Crippen LogP contribution >= 0.6 is 0 Å². The summed E-state index contributed by atoms with van der Waals surface area (Å²) in [6.45, 7) is 2.10. The van der Waals surface area contributed by atoms with E-state index in [9.17, 15) is 14.7 Å². The third-order valence-electron chi connectivity index (χ3n) is 3.81. The fraction of sp³-hybridized carbons (Fsp3) is 0.368. The first-order chi connectivity index (χ1) is 11.6. The van der Waals surface area contributed by atoms with E-state index in [0.29, 0.717) is 6.42 Å². The van der Waals surface area contributed by atoms with Gasteiger partial charge in [0.2, 0.25) is 0 Å². The number of hydrogen-bond acceptors (Lipinski definition) is 2. The number of aliphatic carboxylic acids is 1. The number of carboxylic acid groups (broad SMARTS) is 1. The Labute approximate surface area is 141 Å². The predicted molar refractivity (Wildman–Crippen MR) is 93.5 cm³/mol. The molecule has 2 aromatic rings. The first kappa shape index (κ1) is 17.6. The van der Waals surface area contributed by atoms with E-state index in [4.69, 9.17) is 0 Å². The molecule has 0 saturated carbocycles. The summed E-state index contributed by atoms with van der Waals surface area (Å²) in [4.78, 5) is 26.4. The fourth-order valence-corrected chi connectivity index (χ4v) is 2.52. The van der Waals surface area contributed by atoms with Gasteiger partial charge in [0.25, 0.3) is 5.91 Å². The Morgan fingerprint density at radius 2 is 2.08 bits per heavy atom. The van der Waals surface area contributed by atoms with E-state index in [0.717, 1.165) is 35.7 Å². The fourth-order valence-electron chi connectivity index (χ4n) is 2.52. The van der Waals surface area contributed by atoms with Crippen LogP contribution < -0.4 is 5.32 Å². The molecule has 1 heterocycles. The summed E-state index contributed by atoms with van der Waals surface area (Å²) in [5.74, 6) is 3.65. The molecule has 126 valence electrons. The van der Waals surface area contributed by atoms with Gasteiger partial charge in [-0.2, -0.15) is 0 Å². The summed E-state index contributed by atoms with van der Waals surface area (Å²) in [7, 11) is 0. The smallest absolute Gasteiger partial charge is 0.326 e. The predicted octanol–water partition coefficient (Wildman–Crippen LogP) is 2.86. The lowest BCUT2D eigenvalue weighted by atomic mass is 10.1. The van der Waals surface area contributed by atoms with Crippen LogP contribution in [0.15, 0.2) is 30.5 Å². The van der Waals surface area contributed by atoms with Crippen molar-refractivity contribution in [2.45, 2.75) is 45.1 Å². The third kappa shape index (κ3) is 4.88. The van der Waals surface area contributed by atoms with Crippen LogP contribution in [-0.2, 0) is 16.0 Å². The second kappa shape index (κ2) is 8.78. The van der Waals surface area contributed by atoms with E-state index in [2.05, 4.69) is 29.1 Å². The molecule has 1 amide bonds. The third-order valence-corrected chi connectivity index (χ3v) is 3.81. The molecule has 1 atom stereocenters. The number of carboxylic acids is 1. The van der Waals surface area contributed by atoms with Crippen molar-refractivity contribution in [2.24, 2.45) is 0 Å². The number of amides is 1. The molecule has 5 heteroatoms. The van der Waals surface area contributed by atoms with E-state index in [1.807, 2.05) is 24.3 Å². The van der Waals surface area contributed by atoms with Crippen molar-refractivity contribution >= 4 is 22.8 Å². The molecule has 0 aliphatic heterocycles. The molecule has 24 heavy (non-hydrogen) atoms. The van der Waals surface area contributed by atoms with Gasteiger partial charge in [0.15, 0.2) is 0 Å². The molecule has 0 aliphatic rings. The molecule has 1 aromatic carbocycles. The summed E-state index contributed by atoms with van der Waals surface area (Å²) in [5, 5.41) is 12.8. The number of nitrogens with one attached hydrogen (secondary N) is 2. The van der Waals surface area contributed by atoms with Gasteiger partial charge in [0.1, 0.15) is 6.04 Å². The number of rotatable bonds is 7. The number of carbonyl (C=O) groups excluding carboxylic acids is 1. The molecule has 0 unspecified atom stereocenters. The summed E-state index contributed by atoms with van der Waals surface area (Å²) in [5.41, 5.74) is 1.80. The van der Waals surface area contributed by atoms with Gasteiger partial charge in [0.05, 0.1) is 0 Å². The zero-order chi connectivity index (χ0) is 17.4. The van der Waals surface area contributed by atoms with Gasteiger partial charge in [-0.05, 0) is 24.0 Å². The van der Waals surface area contributed by atoms with Gasteiger partial charge in [-0.1, -0.05) is 43.9 Å². The molecule has 2 rings (SSSR count). The molecule has 0 fully saturated rings. The number of benzene rings is 1. The van der Waals surface area contributed by atoms with Crippen LogP contribution in [0.5, 0.6) is 0 Å². The molecule has 1 aromatic heterocycles. The van der Waals surface area contributed by atoms with Crippen LogP contribution in [0.25, 0.3) is 10.9 Å². The van der Waals surface area contributed by atoms with Crippen LogP contribution in [0, 0.1) is 11.8 Å². The van der Waals surface area contributed by atoms with Crippen molar-refractivity contribution < 1.29 is 14.7 Å². The monoisotopic (exact) mass is 326 g/mol. The van der Waals surface area contributed by atoms with Gasteiger partial charge in [-0.3, -0.25) is 4.79 Å². The van der Waals surface area contributed by atoms with Gasteiger partial charge in [0, 0.05) is 29.9 Å². The Bertz CT molecular complexity index is 768. The molecule has 0 radical (unpaired) electrons. The highest BCUT2D eigenvalue weighted by Gasteiger charge is 2.21. The summed E-state index contributed by atoms with van der Waals surface area (Å²) in [6, 6.07) is 6.66. The molecule has 0 aliphatic carbocycles. The highest BCUT2D eigenvalue weighted by atomic mass is 16.4. The topological polar surface area (TPSA) is 82.2 Å².